The van der Waals surface area contributed by atoms with Crippen LogP contribution in [0.2, 0.25) is 0 Å². The van der Waals surface area contributed by atoms with Gasteiger partial charge in [0, 0.05) is 24.1 Å². The predicted octanol–water partition coefficient (Wildman–Crippen LogP) is 3.87. The highest BCUT2D eigenvalue weighted by molar-refractivity contribution is 6.03. The number of carbonyl (C=O) groups is 1. The molecule has 0 aliphatic heterocycles. The lowest BCUT2D eigenvalue weighted by atomic mass is 10.1. The second kappa shape index (κ2) is 9.19. The van der Waals surface area contributed by atoms with E-state index in [0.717, 1.165) is 24.4 Å². The Bertz CT molecular complexity index is 977. The van der Waals surface area contributed by atoms with Crippen molar-refractivity contribution >= 4 is 17.3 Å². The Kier molecular flexibility index (Phi) is 6.21. The summed E-state index contributed by atoms with van der Waals surface area (Å²) in [7, 11) is 1.65. The van der Waals surface area contributed by atoms with Crippen molar-refractivity contribution in [2.75, 3.05) is 24.3 Å². The molecule has 2 N–H and O–H groups in total. The minimum atomic E-state index is -0.302. The van der Waals surface area contributed by atoms with E-state index in [-0.39, 0.29) is 5.91 Å². The van der Waals surface area contributed by atoms with Crippen LogP contribution in [0, 0.1) is 11.3 Å². The third kappa shape index (κ3) is 5.08. The van der Waals surface area contributed by atoms with Crippen molar-refractivity contribution in [3.05, 3.63) is 83.7 Å². The Balaban J connectivity index is 1.56. The summed E-state index contributed by atoms with van der Waals surface area (Å²) in [6, 6.07) is 20.2. The molecule has 1 aromatic heterocycles. The number of rotatable bonds is 7. The van der Waals surface area contributed by atoms with Gasteiger partial charge >= 0.3 is 0 Å². The summed E-state index contributed by atoms with van der Waals surface area (Å²) in [5.74, 6) is 0.535. The summed E-state index contributed by atoms with van der Waals surface area (Å²) in [6.07, 6.45) is 2.45. The van der Waals surface area contributed by atoms with Crippen LogP contribution >= 0.6 is 0 Å². The first-order chi connectivity index (χ1) is 13.7. The van der Waals surface area contributed by atoms with E-state index in [2.05, 4.69) is 15.6 Å². The van der Waals surface area contributed by atoms with Crippen molar-refractivity contribution in [2.45, 2.75) is 6.42 Å². The van der Waals surface area contributed by atoms with Gasteiger partial charge in [0.1, 0.15) is 11.4 Å². The van der Waals surface area contributed by atoms with E-state index >= 15 is 0 Å². The molecule has 28 heavy (non-hydrogen) atoms. The molecule has 6 nitrogen and oxygen atoms in total. The van der Waals surface area contributed by atoms with Gasteiger partial charge in [0.2, 0.25) is 0 Å². The quantitative estimate of drug-likeness (QED) is 0.657. The maximum atomic E-state index is 12.4. The van der Waals surface area contributed by atoms with E-state index < -0.39 is 0 Å². The number of anilines is 2. The minimum Gasteiger partial charge on any atom is -0.497 e. The molecule has 0 radical (unpaired) electrons. The fourth-order valence-corrected chi connectivity index (χ4v) is 2.63. The average Bonchev–Trinajstić information content (AvgIpc) is 2.75. The highest BCUT2D eigenvalue weighted by Crippen LogP contribution is 2.14. The average molecular weight is 372 g/mol. The van der Waals surface area contributed by atoms with Gasteiger partial charge in [-0.3, -0.25) is 9.78 Å². The van der Waals surface area contributed by atoms with E-state index in [1.54, 1.807) is 43.6 Å². The zero-order valence-corrected chi connectivity index (χ0v) is 15.5. The van der Waals surface area contributed by atoms with Crippen molar-refractivity contribution < 1.29 is 9.53 Å². The van der Waals surface area contributed by atoms with Gasteiger partial charge < -0.3 is 15.4 Å². The predicted molar refractivity (Wildman–Crippen MR) is 109 cm³/mol. The third-order valence-corrected chi connectivity index (χ3v) is 4.17. The van der Waals surface area contributed by atoms with Crippen molar-refractivity contribution in [3.8, 4) is 11.8 Å². The number of nitrogens with one attached hydrogen (secondary N) is 2. The lowest BCUT2D eigenvalue weighted by Gasteiger charge is -2.09. The fourth-order valence-electron chi connectivity index (χ4n) is 2.63. The summed E-state index contributed by atoms with van der Waals surface area (Å²) in [6.45, 7) is 0.729. The smallest absolute Gasteiger partial charge is 0.274 e. The maximum absolute atomic E-state index is 12.4. The van der Waals surface area contributed by atoms with Crippen LogP contribution in [-0.2, 0) is 6.42 Å². The Morgan fingerprint density at radius 1 is 1.07 bits per heavy atom. The van der Waals surface area contributed by atoms with Crippen LogP contribution in [0.1, 0.15) is 21.6 Å². The molecule has 0 saturated carbocycles. The molecule has 0 bridgehead atoms. The second-order valence-electron chi connectivity index (χ2n) is 6.10. The number of ether oxygens (including phenoxy) is 1. The van der Waals surface area contributed by atoms with Gasteiger partial charge in [-0.15, -0.1) is 0 Å². The number of amides is 1. The molecule has 6 heteroatoms. The molecule has 0 atom stereocenters. The standard InChI is InChI=1S/C22H20N4O2/c1-28-20-8-4-16(5-9-20)10-12-24-19-11-13-25-21(14-19)22(27)26-18-6-2-17(15-23)3-7-18/h2-9,11,13-14H,10,12H2,1H3,(H,24,25)(H,26,27). The van der Waals surface area contributed by atoms with Crippen LogP contribution in [0.5, 0.6) is 5.75 Å². The number of carbonyl (C=O) groups excluding carboxylic acids is 1. The number of hydrogen-bond donors (Lipinski definition) is 2. The monoisotopic (exact) mass is 372 g/mol. The van der Waals surface area contributed by atoms with Gasteiger partial charge in [-0.05, 0) is 60.5 Å². The molecule has 2 aromatic carbocycles. The lowest BCUT2D eigenvalue weighted by molar-refractivity contribution is 0.102. The summed E-state index contributed by atoms with van der Waals surface area (Å²) in [5, 5.41) is 14.9. The first kappa shape index (κ1) is 18.9. The molecule has 0 aliphatic carbocycles. The van der Waals surface area contributed by atoms with Crippen molar-refractivity contribution in [1.82, 2.24) is 4.98 Å². The van der Waals surface area contributed by atoms with Gasteiger partial charge in [-0.25, -0.2) is 0 Å². The molecule has 1 amide bonds. The Morgan fingerprint density at radius 3 is 2.50 bits per heavy atom. The van der Waals surface area contributed by atoms with E-state index in [4.69, 9.17) is 10.00 Å². The van der Waals surface area contributed by atoms with Crippen molar-refractivity contribution in [2.24, 2.45) is 0 Å². The van der Waals surface area contributed by atoms with E-state index in [1.807, 2.05) is 36.4 Å². The number of benzene rings is 2. The van der Waals surface area contributed by atoms with E-state index in [1.165, 1.54) is 5.56 Å². The normalized spacial score (nSPS) is 10.0. The number of nitriles is 1. The number of pyridine rings is 1. The minimum absolute atomic E-state index is 0.302. The van der Waals surface area contributed by atoms with E-state index in [9.17, 15) is 4.79 Å². The Hall–Kier alpha value is -3.85. The fraction of sp³-hybridized carbons (Fsp3) is 0.136. The van der Waals surface area contributed by atoms with Crippen LogP contribution in [0.25, 0.3) is 0 Å². The second-order valence-corrected chi connectivity index (χ2v) is 6.10. The van der Waals surface area contributed by atoms with Gasteiger partial charge in [-0.2, -0.15) is 5.26 Å². The first-order valence-corrected chi connectivity index (χ1v) is 8.82. The van der Waals surface area contributed by atoms with Gasteiger partial charge in [-0.1, -0.05) is 12.1 Å². The molecule has 3 rings (SSSR count). The zero-order chi connectivity index (χ0) is 19.8. The van der Waals surface area contributed by atoms with E-state index in [0.29, 0.717) is 16.9 Å². The largest absolute Gasteiger partial charge is 0.497 e. The highest BCUT2D eigenvalue weighted by atomic mass is 16.5. The van der Waals surface area contributed by atoms with Crippen LogP contribution in [0.4, 0.5) is 11.4 Å². The van der Waals surface area contributed by atoms with Gasteiger partial charge in [0.15, 0.2) is 0 Å². The summed E-state index contributed by atoms with van der Waals surface area (Å²) in [4.78, 5) is 16.5. The van der Waals surface area contributed by atoms with Gasteiger partial charge in [0.25, 0.3) is 5.91 Å². The van der Waals surface area contributed by atoms with Crippen LogP contribution in [-0.4, -0.2) is 24.5 Å². The molecule has 1 heterocycles. The summed E-state index contributed by atoms with van der Waals surface area (Å²) < 4.78 is 5.16. The SMILES string of the molecule is COc1ccc(CCNc2ccnc(C(=O)Nc3ccc(C#N)cc3)c2)cc1. The van der Waals surface area contributed by atoms with Crippen molar-refractivity contribution in [3.63, 3.8) is 0 Å². The number of aromatic nitrogens is 1. The topological polar surface area (TPSA) is 87.0 Å². The molecule has 140 valence electrons. The first-order valence-electron chi connectivity index (χ1n) is 8.82. The zero-order valence-electron chi connectivity index (χ0n) is 15.5. The highest BCUT2D eigenvalue weighted by Gasteiger charge is 2.08. The van der Waals surface area contributed by atoms with Crippen LogP contribution in [0.3, 0.4) is 0 Å². The Labute approximate surface area is 163 Å². The number of nitrogens with zero attached hydrogens (tertiary/aromatic N) is 2. The molecule has 0 aliphatic rings. The lowest BCUT2D eigenvalue weighted by Crippen LogP contribution is -2.14. The number of methoxy groups -OCH3 is 1. The van der Waals surface area contributed by atoms with Gasteiger partial charge in [0.05, 0.1) is 18.7 Å². The molecule has 0 unspecified atom stereocenters. The van der Waals surface area contributed by atoms with Crippen molar-refractivity contribution in [1.29, 1.82) is 5.26 Å². The molecular formula is C22H20N4O2. The van der Waals surface area contributed by atoms with Crippen LogP contribution < -0.4 is 15.4 Å². The molecule has 0 saturated heterocycles. The molecule has 3 aromatic rings. The number of hydrogen-bond acceptors (Lipinski definition) is 5. The maximum Gasteiger partial charge on any atom is 0.274 e. The Morgan fingerprint density at radius 2 is 1.82 bits per heavy atom. The molecular weight excluding hydrogens is 352 g/mol. The summed E-state index contributed by atoms with van der Waals surface area (Å²) in [5.41, 5.74) is 3.50. The van der Waals surface area contributed by atoms with Crippen LogP contribution in [0.15, 0.2) is 66.9 Å². The summed E-state index contributed by atoms with van der Waals surface area (Å²) >= 11 is 0. The molecule has 0 fully saturated rings. The third-order valence-electron chi connectivity index (χ3n) is 4.17. The molecule has 0 spiro atoms.